The summed E-state index contributed by atoms with van der Waals surface area (Å²) in [6.07, 6.45) is 0. The van der Waals surface area contributed by atoms with E-state index in [0.717, 1.165) is 22.4 Å². The smallest absolute Gasteiger partial charge is 0.164 e. The second kappa shape index (κ2) is 13.2. The summed E-state index contributed by atoms with van der Waals surface area (Å²) in [5.41, 5.74) is 21.3. The highest BCUT2D eigenvalue weighted by Gasteiger charge is 2.52. The van der Waals surface area contributed by atoms with Gasteiger partial charge in [-0.25, -0.2) is 15.0 Å². The van der Waals surface area contributed by atoms with E-state index in [1.807, 2.05) is 36.4 Å². The molecule has 14 rings (SSSR count). The predicted octanol–water partition coefficient (Wildman–Crippen LogP) is 14.6. The van der Waals surface area contributed by atoms with Crippen LogP contribution in [0.5, 0.6) is 0 Å². The molecule has 2 aromatic heterocycles. The molecule has 9 aromatic carbocycles. The van der Waals surface area contributed by atoms with Gasteiger partial charge in [-0.15, -0.1) is 0 Å². The van der Waals surface area contributed by atoms with Gasteiger partial charge in [-0.2, -0.15) is 0 Å². The lowest BCUT2D eigenvalue weighted by molar-refractivity contribution is 0.661. The van der Waals surface area contributed by atoms with Crippen molar-refractivity contribution in [3.63, 3.8) is 0 Å². The largest absolute Gasteiger partial charge is 0.309 e. The Morgan fingerprint density at radius 3 is 1.32 bits per heavy atom. The van der Waals surface area contributed by atoms with E-state index in [1.54, 1.807) is 0 Å². The Morgan fingerprint density at radius 2 is 0.738 bits per heavy atom. The molecule has 65 heavy (non-hydrogen) atoms. The monoisotopic (exact) mass is 828 g/mol. The molecule has 3 aliphatic rings. The van der Waals surface area contributed by atoms with Crippen LogP contribution in [-0.2, 0) is 10.8 Å². The van der Waals surface area contributed by atoms with Gasteiger partial charge in [-0.3, -0.25) is 0 Å². The maximum absolute atomic E-state index is 5.21. The van der Waals surface area contributed by atoms with Crippen LogP contribution < -0.4 is 0 Å². The fourth-order valence-electron chi connectivity index (χ4n) is 11.8. The standard InChI is InChI=1S/C61H40N4/c1-60(2)49-27-15-12-25-42(49)45-33-47-48-34-46-43-26-14-17-29-51(43)61(54(46)36-56(48)65(55(47)35-52(45)60)40-22-10-5-11-23-40)50-28-16-13-24-41(50)44-31-30-39(32-53(44)61)59-63-57(37-18-6-3-7-19-37)62-58(64-59)38-20-8-4-9-21-38/h3-36H,1-2H3. The molecule has 0 N–H and O–H groups in total. The molecule has 3 aliphatic carbocycles. The van der Waals surface area contributed by atoms with Crippen molar-refractivity contribution >= 4 is 21.8 Å². The minimum atomic E-state index is -0.597. The highest BCUT2D eigenvalue weighted by atomic mass is 15.0. The zero-order valence-corrected chi connectivity index (χ0v) is 35.9. The second-order valence-electron chi connectivity index (χ2n) is 18.3. The summed E-state index contributed by atoms with van der Waals surface area (Å²) >= 11 is 0. The third-order valence-corrected chi connectivity index (χ3v) is 14.6. The topological polar surface area (TPSA) is 43.6 Å². The molecule has 0 amide bonds. The number of para-hydroxylation sites is 1. The summed E-state index contributed by atoms with van der Waals surface area (Å²) in [6, 6.07) is 75.4. The molecule has 0 fully saturated rings. The summed E-state index contributed by atoms with van der Waals surface area (Å²) in [7, 11) is 0. The number of fused-ring (bicyclic) bond motifs is 16. The third kappa shape index (κ3) is 4.88. The van der Waals surface area contributed by atoms with Crippen LogP contribution >= 0.6 is 0 Å². The number of nitrogens with zero attached hydrogens (tertiary/aromatic N) is 4. The number of rotatable bonds is 4. The van der Waals surface area contributed by atoms with Gasteiger partial charge in [0.25, 0.3) is 0 Å². The molecule has 304 valence electrons. The first-order valence-corrected chi connectivity index (χ1v) is 22.5. The molecule has 2 heterocycles. The van der Waals surface area contributed by atoms with E-state index in [-0.39, 0.29) is 5.41 Å². The van der Waals surface area contributed by atoms with E-state index in [0.29, 0.717) is 17.5 Å². The average molecular weight is 829 g/mol. The van der Waals surface area contributed by atoms with Gasteiger partial charge in [0.15, 0.2) is 17.5 Å². The summed E-state index contributed by atoms with van der Waals surface area (Å²) in [6.45, 7) is 4.75. The summed E-state index contributed by atoms with van der Waals surface area (Å²) < 4.78 is 2.51. The zero-order valence-electron chi connectivity index (χ0n) is 35.9. The molecule has 0 radical (unpaired) electrons. The maximum atomic E-state index is 5.21. The maximum Gasteiger partial charge on any atom is 0.164 e. The van der Waals surface area contributed by atoms with Crippen LogP contribution in [0, 0.1) is 0 Å². The Hall–Kier alpha value is -8.21. The molecule has 0 saturated heterocycles. The van der Waals surface area contributed by atoms with Crippen molar-refractivity contribution in [3.05, 3.63) is 240 Å². The second-order valence-corrected chi connectivity index (χ2v) is 18.3. The lowest BCUT2D eigenvalue weighted by Gasteiger charge is -2.31. The van der Waals surface area contributed by atoms with Crippen molar-refractivity contribution in [2.45, 2.75) is 24.7 Å². The Bertz CT molecular complexity index is 3730. The van der Waals surface area contributed by atoms with Crippen molar-refractivity contribution in [2.24, 2.45) is 0 Å². The van der Waals surface area contributed by atoms with E-state index in [1.165, 1.54) is 88.6 Å². The van der Waals surface area contributed by atoms with Gasteiger partial charge in [-0.05, 0) is 109 Å². The molecule has 1 spiro atoms. The Kier molecular flexibility index (Phi) is 7.35. The molecular weight excluding hydrogens is 789 g/mol. The number of hydrogen-bond donors (Lipinski definition) is 0. The van der Waals surface area contributed by atoms with Gasteiger partial charge in [-0.1, -0.05) is 178 Å². The lowest BCUT2D eigenvalue weighted by Crippen LogP contribution is -2.26. The normalized spacial score (nSPS) is 15.7. The van der Waals surface area contributed by atoms with E-state index in [9.17, 15) is 0 Å². The first kappa shape index (κ1) is 36.3. The fourth-order valence-corrected chi connectivity index (χ4v) is 11.8. The number of aromatic nitrogens is 4. The van der Waals surface area contributed by atoms with Gasteiger partial charge in [0, 0.05) is 38.6 Å². The highest BCUT2D eigenvalue weighted by Crippen LogP contribution is 2.64. The van der Waals surface area contributed by atoms with Crippen LogP contribution in [0.4, 0.5) is 0 Å². The minimum Gasteiger partial charge on any atom is -0.309 e. The molecule has 0 saturated carbocycles. The van der Waals surface area contributed by atoms with Crippen molar-refractivity contribution in [3.8, 4) is 73.2 Å². The summed E-state index contributed by atoms with van der Waals surface area (Å²) in [5.74, 6) is 1.95. The molecule has 0 bridgehead atoms. The Balaban J connectivity index is 1.06. The van der Waals surface area contributed by atoms with Gasteiger partial charge in [0.05, 0.1) is 16.4 Å². The molecule has 1 unspecified atom stereocenters. The van der Waals surface area contributed by atoms with Gasteiger partial charge in [0.1, 0.15) is 0 Å². The van der Waals surface area contributed by atoms with Crippen molar-refractivity contribution < 1.29 is 0 Å². The Labute approximate surface area is 377 Å². The van der Waals surface area contributed by atoms with Crippen LogP contribution in [0.3, 0.4) is 0 Å². The SMILES string of the molecule is CC1(C)c2ccccc2-c2cc3c4cc5c(cc4n(-c4ccccc4)c3cc21)C1(c2ccccc2-c2ccc(-c3nc(-c4ccccc4)nc(-c4ccccc4)n3)cc21)c1ccccc1-5. The molecule has 4 nitrogen and oxygen atoms in total. The van der Waals surface area contributed by atoms with E-state index >= 15 is 0 Å². The van der Waals surface area contributed by atoms with Crippen LogP contribution in [0.2, 0.25) is 0 Å². The summed E-state index contributed by atoms with van der Waals surface area (Å²) in [5, 5.41) is 2.52. The van der Waals surface area contributed by atoms with Gasteiger partial charge >= 0.3 is 0 Å². The van der Waals surface area contributed by atoms with Gasteiger partial charge < -0.3 is 4.57 Å². The number of hydrogen-bond acceptors (Lipinski definition) is 3. The highest BCUT2D eigenvalue weighted by molar-refractivity contribution is 6.14. The molecular formula is C61H40N4. The quantitative estimate of drug-likeness (QED) is 0.177. The lowest BCUT2D eigenvalue weighted by atomic mass is 9.70. The molecule has 1 atom stereocenters. The fraction of sp³-hybridized carbons (Fsp3) is 0.0656. The van der Waals surface area contributed by atoms with Gasteiger partial charge in [0.2, 0.25) is 0 Å². The van der Waals surface area contributed by atoms with Crippen molar-refractivity contribution in [2.75, 3.05) is 0 Å². The zero-order chi connectivity index (χ0) is 43.0. The van der Waals surface area contributed by atoms with E-state index < -0.39 is 5.41 Å². The average Bonchev–Trinajstić information content (AvgIpc) is 4.02. The molecule has 4 heteroatoms. The number of benzene rings is 9. The van der Waals surface area contributed by atoms with Crippen LogP contribution in [-0.4, -0.2) is 19.5 Å². The summed E-state index contributed by atoms with van der Waals surface area (Å²) in [4.78, 5) is 15.5. The van der Waals surface area contributed by atoms with Crippen molar-refractivity contribution in [1.82, 2.24) is 19.5 Å². The first-order valence-electron chi connectivity index (χ1n) is 22.5. The van der Waals surface area contributed by atoms with Crippen LogP contribution in [0.15, 0.2) is 206 Å². The first-order chi connectivity index (χ1) is 32.0. The minimum absolute atomic E-state index is 0.125. The van der Waals surface area contributed by atoms with E-state index in [4.69, 9.17) is 15.0 Å². The molecule has 11 aromatic rings. The van der Waals surface area contributed by atoms with Crippen LogP contribution in [0.25, 0.3) is 95.0 Å². The van der Waals surface area contributed by atoms with Crippen molar-refractivity contribution in [1.29, 1.82) is 0 Å². The molecule has 0 aliphatic heterocycles. The predicted molar refractivity (Wildman–Crippen MR) is 264 cm³/mol. The Morgan fingerprint density at radius 1 is 0.323 bits per heavy atom. The van der Waals surface area contributed by atoms with Crippen LogP contribution in [0.1, 0.15) is 47.2 Å². The third-order valence-electron chi connectivity index (χ3n) is 14.6. The van der Waals surface area contributed by atoms with E-state index in [2.05, 4.69) is 188 Å².